The van der Waals surface area contributed by atoms with Gasteiger partial charge in [-0.25, -0.2) is 0 Å². The first-order valence-corrected chi connectivity index (χ1v) is 8.20. The second-order valence-corrected chi connectivity index (χ2v) is 6.08. The summed E-state index contributed by atoms with van der Waals surface area (Å²) in [4.78, 5) is 5.38. The van der Waals surface area contributed by atoms with Gasteiger partial charge in [-0.2, -0.15) is 0 Å². The predicted octanol–water partition coefficient (Wildman–Crippen LogP) is -2.12. The predicted molar refractivity (Wildman–Crippen MR) is 77.5 cm³/mol. The zero-order valence-corrected chi connectivity index (χ0v) is 13.1. The van der Waals surface area contributed by atoms with Crippen molar-refractivity contribution < 1.29 is 14.7 Å². The zero-order valence-electron chi connectivity index (χ0n) is 13.1. The maximum atomic E-state index is 2.42. The largest absolute Gasteiger partial charge is 0.335 e. The van der Waals surface area contributed by atoms with Crippen LogP contribution in [0.5, 0.6) is 0 Å². The summed E-state index contributed by atoms with van der Waals surface area (Å²) in [7, 11) is 2.42. The Kier molecular flexibility index (Phi) is 7.87. The van der Waals surface area contributed by atoms with Gasteiger partial charge < -0.3 is 14.7 Å². The third kappa shape index (κ3) is 5.25. The number of likely N-dealkylation sites (tertiary alicyclic amines) is 1. The average molecular weight is 258 g/mol. The molecule has 0 amide bonds. The lowest BCUT2D eigenvalue weighted by Gasteiger charge is -2.32. The Balaban J connectivity index is 2.21. The van der Waals surface area contributed by atoms with E-state index in [1.165, 1.54) is 65.1 Å². The Morgan fingerprint density at radius 1 is 1.00 bits per heavy atom. The van der Waals surface area contributed by atoms with E-state index in [1.807, 2.05) is 4.90 Å². The van der Waals surface area contributed by atoms with E-state index < -0.39 is 0 Å². The normalized spacial score (nSPS) is 26.5. The van der Waals surface area contributed by atoms with Crippen molar-refractivity contribution in [2.45, 2.75) is 46.1 Å². The highest BCUT2D eigenvalue weighted by molar-refractivity contribution is 4.59. The van der Waals surface area contributed by atoms with Crippen molar-refractivity contribution in [2.75, 3.05) is 52.9 Å². The number of piperidine rings is 1. The van der Waals surface area contributed by atoms with Gasteiger partial charge in [0, 0.05) is 12.8 Å². The molecule has 1 aliphatic rings. The first-order chi connectivity index (χ1) is 8.71. The fraction of sp³-hybridized carbons (Fsp3) is 1.00. The van der Waals surface area contributed by atoms with E-state index in [2.05, 4.69) is 27.8 Å². The van der Waals surface area contributed by atoms with Gasteiger partial charge in [0.05, 0.1) is 45.8 Å². The van der Waals surface area contributed by atoms with Gasteiger partial charge in [-0.15, -0.1) is 0 Å². The molecular formula is C15H36N3+3. The molecule has 1 unspecified atom stereocenters. The summed E-state index contributed by atoms with van der Waals surface area (Å²) < 4.78 is 0. The van der Waals surface area contributed by atoms with E-state index in [9.17, 15) is 0 Å². The number of rotatable bonds is 8. The van der Waals surface area contributed by atoms with E-state index in [4.69, 9.17) is 0 Å². The van der Waals surface area contributed by atoms with Crippen molar-refractivity contribution in [1.82, 2.24) is 0 Å². The maximum Gasteiger partial charge on any atom is 0.127 e. The smallest absolute Gasteiger partial charge is 0.127 e. The molecule has 1 saturated heterocycles. The lowest BCUT2D eigenvalue weighted by molar-refractivity contribution is -0.973. The number of quaternary nitrogens is 3. The van der Waals surface area contributed by atoms with Crippen LogP contribution in [0.25, 0.3) is 0 Å². The molecule has 0 aromatic rings. The Labute approximate surface area is 114 Å². The quantitative estimate of drug-likeness (QED) is 0.441. The number of hydrogen-bond donors (Lipinski definition) is 3. The van der Waals surface area contributed by atoms with Gasteiger partial charge in [-0.05, 0) is 20.3 Å². The second-order valence-electron chi connectivity index (χ2n) is 6.08. The van der Waals surface area contributed by atoms with Gasteiger partial charge in [0.1, 0.15) is 13.1 Å². The highest BCUT2D eigenvalue weighted by atomic mass is 15.2. The van der Waals surface area contributed by atoms with Gasteiger partial charge in [-0.3, -0.25) is 0 Å². The summed E-state index contributed by atoms with van der Waals surface area (Å²) >= 11 is 0. The highest BCUT2D eigenvalue weighted by Crippen LogP contribution is 1.94. The first-order valence-electron chi connectivity index (χ1n) is 8.20. The van der Waals surface area contributed by atoms with Gasteiger partial charge >= 0.3 is 0 Å². The Bertz CT molecular complexity index is 196. The molecule has 0 aromatic heterocycles. The van der Waals surface area contributed by atoms with Gasteiger partial charge in [0.15, 0.2) is 0 Å². The molecule has 1 rings (SSSR count). The molecule has 0 aromatic carbocycles. The van der Waals surface area contributed by atoms with Crippen LogP contribution in [0.1, 0.15) is 40.0 Å². The molecular weight excluding hydrogens is 222 g/mol. The summed E-state index contributed by atoms with van der Waals surface area (Å²) in [5.41, 5.74) is 0. The van der Waals surface area contributed by atoms with Crippen LogP contribution in [0.15, 0.2) is 0 Å². The molecule has 108 valence electrons. The number of nitrogens with one attached hydrogen (secondary N) is 3. The van der Waals surface area contributed by atoms with Crippen LogP contribution in [0.4, 0.5) is 0 Å². The minimum absolute atomic E-state index is 0.931. The fourth-order valence-corrected chi connectivity index (χ4v) is 3.30. The standard InChI is InChI=1S/C15H33N3/c1-5-10-18-11-8-15(9-12-18)16(4)13-14-17(6-2)7-3/h15H,5-14H2,1-4H3/p+3. The van der Waals surface area contributed by atoms with E-state index in [-0.39, 0.29) is 0 Å². The maximum absolute atomic E-state index is 2.42. The molecule has 3 nitrogen and oxygen atoms in total. The van der Waals surface area contributed by atoms with Crippen LogP contribution in [0, 0.1) is 0 Å². The summed E-state index contributed by atoms with van der Waals surface area (Å²) in [6, 6.07) is 0.931. The molecule has 1 fully saturated rings. The van der Waals surface area contributed by atoms with Crippen LogP contribution in [0.3, 0.4) is 0 Å². The molecule has 0 aliphatic carbocycles. The van der Waals surface area contributed by atoms with Crippen LogP contribution in [0.2, 0.25) is 0 Å². The van der Waals surface area contributed by atoms with Crippen molar-refractivity contribution in [2.24, 2.45) is 0 Å². The molecule has 0 spiro atoms. The first kappa shape index (κ1) is 15.9. The third-order valence-corrected chi connectivity index (χ3v) is 4.87. The number of hydrogen-bond acceptors (Lipinski definition) is 0. The monoisotopic (exact) mass is 258 g/mol. The summed E-state index contributed by atoms with van der Waals surface area (Å²) in [6.07, 6.45) is 4.22. The lowest BCUT2D eigenvalue weighted by atomic mass is 10.0. The summed E-state index contributed by atoms with van der Waals surface area (Å²) in [5, 5.41) is 0. The summed E-state index contributed by atoms with van der Waals surface area (Å²) in [6.45, 7) is 16.4. The molecule has 0 bridgehead atoms. The van der Waals surface area contributed by atoms with Crippen molar-refractivity contribution in [1.29, 1.82) is 0 Å². The van der Waals surface area contributed by atoms with Crippen molar-refractivity contribution in [3.05, 3.63) is 0 Å². The topological polar surface area (TPSA) is 13.3 Å². The Morgan fingerprint density at radius 3 is 2.11 bits per heavy atom. The molecule has 1 heterocycles. The fourth-order valence-electron chi connectivity index (χ4n) is 3.30. The van der Waals surface area contributed by atoms with E-state index in [0.717, 1.165) is 6.04 Å². The van der Waals surface area contributed by atoms with Crippen molar-refractivity contribution in [3.8, 4) is 0 Å². The molecule has 3 N–H and O–H groups in total. The lowest BCUT2D eigenvalue weighted by Crippen LogP contribution is -3.22. The van der Waals surface area contributed by atoms with Crippen molar-refractivity contribution in [3.63, 3.8) is 0 Å². The third-order valence-electron chi connectivity index (χ3n) is 4.87. The van der Waals surface area contributed by atoms with Gasteiger partial charge in [-0.1, -0.05) is 6.92 Å². The van der Waals surface area contributed by atoms with Gasteiger partial charge in [0.25, 0.3) is 0 Å². The highest BCUT2D eigenvalue weighted by Gasteiger charge is 2.27. The molecule has 0 radical (unpaired) electrons. The van der Waals surface area contributed by atoms with Crippen LogP contribution in [-0.4, -0.2) is 58.9 Å². The van der Waals surface area contributed by atoms with Crippen LogP contribution in [-0.2, 0) is 0 Å². The minimum atomic E-state index is 0.931. The molecule has 18 heavy (non-hydrogen) atoms. The second kappa shape index (κ2) is 8.89. The summed E-state index contributed by atoms with van der Waals surface area (Å²) in [5.74, 6) is 0. The van der Waals surface area contributed by atoms with Crippen LogP contribution < -0.4 is 14.7 Å². The van der Waals surface area contributed by atoms with Gasteiger partial charge in [0.2, 0.25) is 0 Å². The van der Waals surface area contributed by atoms with E-state index in [1.54, 1.807) is 9.80 Å². The van der Waals surface area contributed by atoms with Crippen LogP contribution >= 0.6 is 0 Å². The number of likely N-dealkylation sites (N-methyl/N-ethyl adjacent to an activating group) is 2. The molecule has 3 heteroatoms. The molecule has 1 atom stereocenters. The molecule has 0 saturated carbocycles. The average Bonchev–Trinajstić information content (AvgIpc) is 2.41. The van der Waals surface area contributed by atoms with Crippen molar-refractivity contribution >= 4 is 0 Å². The van der Waals surface area contributed by atoms with E-state index in [0.29, 0.717) is 0 Å². The Morgan fingerprint density at radius 2 is 1.61 bits per heavy atom. The minimum Gasteiger partial charge on any atom is -0.335 e. The zero-order chi connectivity index (χ0) is 13.4. The van der Waals surface area contributed by atoms with E-state index >= 15 is 0 Å². The molecule has 1 aliphatic heterocycles. The SMILES string of the molecule is CCC[NH+]1CCC([NH+](C)CC[NH+](CC)CC)CC1. The Hall–Kier alpha value is -0.120.